The third-order valence-electron chi connectivity index (χ3n) is 5.11. The summed E-state index contributed by atoms with van der Waals surface area (Å²) in [5.41, 5.74) is -2.85. The molecule has 1 saturated heterocycles. The number of nitrogens with zero attached hydrogens (tertiary/aromatic N) is 2. The van der Waals surface area contributed by atoms with Crippen LogP contribution in [0.15, 0.2) is 18.2 Å². The molecular formula is C20H22F9N2NaO5. The monoisotopic (exact) mass is 564 g/mol. The topological polar surface area (TPSA) is 79.3 Å². The van der Waals surface area contributed by atoms with Gasteiger partial charge in [-0.15, -0.1) is 0 Å². The zero-order valence-electron chi connectivity index (χ0n) is 18.7. The number of carbonyl (C=O) groups excluding carboxylic acids is 1. The van der Waals surface area contributed by atoms with Gasteiger partial charge in [0.25, 0.3) is 6.10 Å². The van der Waals surface area contributed by atoms with Crippen LogP contribution in [0, 0.1) is 0 Å². The molecule has 0 aromatic heterocycles. The van der Waals surface area contributed by atoms with Crippen molar-refractivity contribution in [3.8, 4) is 5.75 Å². The van der Waals surface area contributed by atoms with Crippen molar-refractivity contribution >= 4 is 41.6 Å². The van der Waals surface area contributed by atoms with Crippen LogP contribution in [0.5, 0.6) is 5.75 Å². The first-order chi connectivity index (χ1) is 16.2. The van der Waals surface area contributed by atoms with Gasteiger partial charge >= 0.3 is 60.1 Å². The number of carboxylic acids is 1. The van der Waals surface area contributed by atoms with E-state index in [1.165, 1.54) is 4.90 Å². The molecule has 1 heterocycles. The number of halogens is 9. The summed E-state index contributed by atoms with van der Waals surface area (Å²) in [5.74, 6) is -1.83. The number of rotatable bonds is 6. The Labute approximate surface area is 226 Å². The zero-order valence-corrected chi connectivity index (χ0v) is 18.7. The van der Waals surface area contributed by atoms with Gasteiger partial charge in [0.15, 0.2) is 5.60 Å². The van der Waals surface area contributed by atoms with Crippen molar-refractivity contribution in [2.45, 2.75) is 50.6 Å². The molecule has 2 rings (SSSR count). The van der Waals surface area contributed by atoms with Crippen molar-refractivity contribution in [1.82, 2.24) is 9.80 Å². The van der Waals surface area contributed by atoms with Crippen LogP contribution in [-0.4, -0.2) is 107 Å². The Bertz CT molecular complexity index is 945. The number of alkyl halides is 9. The maximum absolute atomic E-state index is 13.1. The minimum atomic E-state index is -5.86. The number of amides is 1. The molecule has 37 heavy (non-hydrogen) atoms. The second kappa shape index (κ2) is 11.9. The fourth-order valence-corrected chi connectivity index (χ4v) is 3.10. The summed E-state index contributed by atoms with van der Waals surface area (Å²) in [5, 5.41) is 9.24. The Morgan fingerprint density at radius 1 is 0.946 bits per heavy atom. The van der Waals surface area contributed by atoms with Crippen molar-refractivity contribution in [1.29, 1.82) is 0 Å². The molecule has 0 saturated carbocycles. The standard InChI is InChI=1S/C20H21F9N2O5.Na.H/c1-17(2,15(32)33)36-13-9-12(18(21,22)23)4-3-11(13)10-30-5-7-31(8-6-30)16(34)35-14(19(24,25)26)20(27,28)29;;/h3-4,9,14H,5-8,10H2,1-2H3,(H,32,33);;. The maximum atomic E-state index is 13.1. The molecule has 0 bridgehead atoms. The first-order valence-corrected chi connectivity index (χ1v) is 10.2. The summed E-state index contributed by atoms with van der Waals surface area (Å²) in [6, 6.07) is 2.44. The Morgan fingerprint density at radius 3 is 1.89 bits per heavy atom. The molecule has 0 unspecified atom stereocenters. The van der Waals surface area contributed by atoms with Gasteiger partial charge in [-0.3, -0.25) is 4.90 Å². The second-order valence-electron chi connectivity index (χ2n) is 8.35. The number of aliphatic carboxylic acids is 1. The summed E-state index contributed by atoms with van der Waals surface area (Å²) in [6.07, 6.45) is -22.6. The Morgan fingerprint density at radius 2 is 1.46 bits per heavy atom. The molecule has 206 valence electrons. The summed E-state index contributed by atoms with van der Waals surface area (Å²) in [4.78, 5) is 25.4. The van der Waals surface area contributed by atoms with Gasteiger partial charge in [-0.2, -0.15) is 39.5 Å². The van der Waals surface area contributed by atoms with Crippen LogP contribution in [0.2, 0.25) is 0 Å². The molecule has 1 aromatic rings. The van der Waals surface area contributed by atoms with Crippen molar-refractivity contribution < 1.29 is 63.7 Å². The Hall–Kier alpha value is -1.91. The van der Waals surface area contributed by atoms with Crippen LogP contribution < -0.4 is 4.74 Å². The predicted molar refractivity (Wildman–Crippen MR) is 110 cm³/mol. The van der Waals surface area contributed by atoms with E-state index in [0.717, 1.165) is 26.0 Å². The minimum absolute atomic E-state index is 0. The number of hydrogen-bond acceptors (Lipinski definition) is 5. The molecule has 1 aliphatic rings. The van der Waals surface area contributed by atoms with Crippen LogP contribution in [0.3, 0.4) is 0 Å². The summed E-state index contributed by atoms with van der Waals surface area (Å²) in [6.45, 7) is 1.30. The molecule has 17 heteroatoms. The average molecular weight is 564 g/mol. The van der Waals surface area contributed by atoms with E-state index < -0.39 is 47.9 Å². The predicted octanol–water partition coefficient (Wildman–Crippen LogP) is 4.05. The second-order valence-corrected chi connectivity index (χ2v) is 8.35. The van der Waals surface area contributed by atoms with Gasteiger partial charge in [0.05, 0.1) is 5.56 Å². The molecule has 1 aliphatic heterocycles. The van der Waals surface area contributed by atoms with Gasteiger partial charge in [0.2, 0.25) is 0 Å². The fraction of sp³-hybridized carbons (Fsp3) is 0.600. The third-order valence-corrected chi connectivity index (χ3v) is 5.11. The van der Waals surface area contributed by atoms with E-state index in [1.807, 2.05) is 0 Å². The number of piperazine rings is 1. The van der Waals surface area contributed by atoms with Crippen LogP contribution in [-0.2, 0) is 22.3 Å². The SMILES string of the molecule is CC(C)(Oc1cc(C(F)(F)F)ccc1CN1CCN(C(=O)OC(C(F)(F)F)C(F)(F)F)CC1)C(=O)O.[NaH]. The molecule has 0 atom stereocenters. The van der Waals surface area contributed by atoms with Gasteiger partial charge in [0, 0.05) is 38.3 Å². The number of carboxylic acid groups (broad SMARTS) is 1. The quantitative estimate of drug-likeness (QED) is 0.415. The molecule has 1 amide bonds. The number of benzene rings is 1. The van der Waals surface area contributed by atoms with E-state index in [2.05, 4.69) is 4.74 Å². The Kier molecular flexibility index (Phi) is 10.6. The van der Waals surface area contributed by atoms with Crippen molar-refractivity contribution in [3.63, 3.8) is 0 Å². The molecule has 7 nitrogen and oxygen atoms in total. The van der Waals surface area contributed by atoms with E-state index in [0.29, 0.717) is 11.0 Å². The van der Waals surface area contributed by atoms with Crippen molar-refractivity contribution in [2.75, 3.05) is 26.2 Å². The van der Waals surface area contributed by atoms with E-state index >= 15 is 0 Å². The Balaban J connectivity index is 0.00000684. The van der Waals surface area contributed by atoms with Gasteiger partial charge in [-0.1, -0.05) is 6.07 Å². The molecule has 1 fully saturated rings. The fourth-order valence-electron chi connectivity index (χ4n) is 3.10. The summed E-state index contributed by atoms with van der Waals surface area (Å²) in [7, 11) is 0. The van der Waals surface area contributed by atoms with Crippen molar-refractivity contribution in [3.05, 3.63) is 29.3 Å². The number of hydrogen-bond donors (Lipinski definition) is 1. The number of ether oxygens (including phenoxy) is 2. The third kappa shape index (κ3) is 9.11. The molecule has 1 N–H and O–H groups in total. The summed E-state index contributed by atoms with van der Waals surface area (Å²) < 4.78 is 124. The van der Waals surface area contributed by atoms with Gasteiger partial charge in [-0.25, -0.2) is 9.59 Å². The van der Waals surface area contributed by atoms with E-state index in [1.54, 1.807) is 0 Å². The first-order valence-electron chi connectivity index (χ1n) is 10.2. The van der Waals surface area contributed by atoms with Gasteiger partial charge in [0.1, 0.15) is 5.75 Å². The van der Waals surface area contributed by atoms with Crippen LogP contribution in [0.1, 0.15) is 25.0 Å². The van der Waals surface area contributed by atoms with E-state index in [4.69, 9.17) is 4.74 Å². The van der Waals surface area contributed by atoms with Crippen LogP contribution >= 0.6 is 0 Å². The van der Waals surface area contributed by atoms with E-state index in [9.17, 15) is 54.2 Å². The van der Waals surface area contributed by atoms with Crippen molar-refractivity contribution in [2.24, 2.45) is 0 Å². The molecular weight excluding hydrogens is 542 g/mol. The molecule has 0 aliphatic carbocycles. The van der Waals surface area contributed by atoms with Crippen LogP contribution in [0.25, 0.3) is 0 Å². The average Bonchev–Trinajstić information content (AvgIpc) is 2.70. The molecule has 1 aromatic carbocycles. The summed E-state index contributed by atoms with van der Waals surface area (Å²) >= 11 is 0. The first kappa shape index (κ1) is 33.1. The normalized spacial score (nSPS) is 15.8. The zero-order chi connectivity index (χ0) is 27.7. The number of carbonyl (C=O) groups is 2. The van der Waals surface area contributed by atoms with E-state index in [-0.39, 0.29) is 73.6 Å². The molecule has 0 radical (unpaired) electrons. The van der Waals surface area contributed by atoms with Gasteiger partial charge < -0.3 is 19.5 Å². The molecule has 0 spiro atoms. The van der Waals surface area contributed by atoms with Crippen LogP contribution in [0.4, 0.5) is 44.3 Å². The van der Waals surface area contributed by atoms with Gasteiger partial charge in [-0.05, 0) is 26.0 Å².